The molecular formula is C16H20N4O5. The molecule has 1 atom stereocenters. The Kier molecular flexibility index (Phi) is 6.87. The van der Waals surface area contributed by atoms with E-state index in [0.717, 1.165) is 6.07 Å². The number of carbonyl (C=O) groups is 2. The third-order valence-electron chi connectivity index (χ3n) is 3.46. The molecule has 0 aliphatic carbocycles. The fourth-order valence-electron chi connectivity index (χ4n) is 2.10. The third kappa shape index (κ3) is 5.17. The number of nitriles is 1. The number of nitro groups is 1. The first-order chi connectivity index (χ1) is 11.7. The Morgan fingerprint density at radius 3 is 2.52 bits per heavy atom. The average molecular weight is 348 g/mol. The lowest BCUT2D eigenvalue weighted by molar-refractivity contribution is -0.384. The number of nitro benzene ring substituents is 1. The molecule has 0 aliphatic rings. The monoisotopic (exact) mass is 348 g/mol. The van der Waals surface area contributed by atoms with Gasteiger partial charge < -0.3 is 14.5 Å². The quantitative estimate of drug-likeness (QED) is 0.417. The molecule has 134 valence electrons. The van der Waals surface area contributed by atoms with Gasteiger partial charge in [-0.15, -0.1) is 0 Å². The largest absolute Gasteiger partial charge is 0.449 e. The van der Waals surface area contributed by atoms with Crippen molar-refractivity contribution in [2.24, 2.45) is 0 Å². The number of nitrogens with zero attached hydrogens (tertiary/aromatic N) is 4. The lowest BCUT2D eigenvalue weighted by Gasteiger charge is -2.22. The van der Waals surface area contributed by atoms with Crippen molar-refractivity contribution in [3.63, 3.8) is 0 Å². The minimum atomic E-state index is -1.08. The second-order valence-electron chi connectivity index (χ2n) is 5.57. The number of likely N-dealkylation sites (N-methyl/N-ethyl adjacent to an activating group) is 1. The number of non-ortho nitro benzene ring substituents is 1. The molecule has 9 heteroatoms. The van der Waals surface area contributed by atoms with Crippen molar-refractivity contribution in [3.8, 4) is 6.07 Å². The number of esters is 1. The molecule has 0 aliphatic heterocycles. The zero-order chi connectivity index (χ0) is 19.1. The van der Waals surface area contributed by atoms with Crippen LogP contribution in [0.25, 0.3) is 0 Å². The zero-order valence-corrected chi connectivity index (χ0v) is 14.6. The SMILES string of the molecule is C[C@@H](OC(=O)c1cc([N+](=O)[O-])ccc1N(C)C)C(=O)N(C)CCC#N. The molecule has 0 N–H and O–H groups in total. The van der Waals surface area contributed by atoms with Crippen LogP contribution in [-0.4, -0.2) is 55.5 Å². The number of benzene rings is 1. The third-order valence-corrected chi connectivity index (χ3v) is 3.46. The van der Waals surface area contributed by atoms with Crippen LogP contribution >= 0.6 is 0 Å². The molecule has 0 spiro atoms. The summed E-state index contributed by atoms with van der Waals surface area (Å²) in [5.41, 5.74) is 0.189. The molecule has 25 heavy (non-hydrogen) atoms. The summed E-state index contributed by atoms with van der Waals surface area (Å²) in [6.07, 6.45) is -0.913. The number of hydrogen-bond donors (Lipinski definition) is 0. The van der Waals surface area contributed by atoms with Crippen molar-refractivity contribution in [1.29, 1.82) is 5.26 Å². The maximum absolute atomic E-state index is 12.4. The summed E-state index contributed by atoms with van der Waals surface area (Å²) in [6.45, 7) is 1.63. The predicted molar refractivity (Wildman–Crippen MR) is 90.2 cm³/mol. The topological polar surface area (TPSA) is 117 Å². The van der Waals surface area contributed by atoms with Gasteiger partial charge in [-0.3, -0.25) is 14.9 Å². The first kappa shape index (κ1) is 19.9. The van der Waals surface area contributed by atoms with Crippen molar-refractivity contribution < 1.29 is 19.2 Å². The van der Waals surface area contributed by atoms with E-state index in [4.69, 9.17) is 10.00 Å². The molecule has 1 aromatic rings. The maximum atomic E-state index is 12.4. The van der Waals surface area contributed by atoms with E-state index in [1.165, 1.54) is 31.0 Å². The van der Waals surface area contributed by atoms with Crippen LogP contribution in [0.15, 0.2) is 18.2 Å². The Bertz CT molecular complexity index is 711. The smallest absolute Gasteiger partial charge is 0.341 e. The van der Waals surface area contributed by atoms with E-state index in [9.17, 15) is 19.7 Å². The summed E-state index contributed by atoms with van der Waals surface area (Å²) >= 11 is 0. The zero-order valence-electron chi connectivity index (χ0n) is 14.6. The van der Waals surface area contributed by atoms with E-state index >= 15 is 0 Å². The van der Waals surface area contributed by atoms with Crippen LogP contribution in [-0.2, 0) is 9.53 Å². The van der Waals surface area contributed by atoms with E-state index in [0.29, 0.717) is 5.69 Å². The van der Waals surface area contributed by atoms with Gasteiger partial charge in [0.25, 0.3) is 11.6 Å². The minimum absolute atomic E-state index is 0.00136. The van der Waals surface area contributed by atoms with Crippen LogP contribution in [0.2, 0.25) is 0 Å². The van der Waals surface area contributed by atoms with E-state index in [-0.39, 0.29) is 24.2 Å². The van der Waals surface area contributed by atoms with E-state index in [1.54, 1.807) is 19.0 Å². The molecule has 0 aromatic heterocycles. The molecule has 1 amide bonds. The first-order valence-electron chi connectivity index (χ1n) is 7.47. The number of amides is 1. The number of ether oxygens (including phenoxy) is 1. The van der Waals surface area contributed by atoms with Crippen molar-refractivity contribution in [2.75, 3.05) is 32.6 Å². The Morgan fingerprint density at radius 1 is 1.36 bits per heavy atom. The number of anilines is 1. The number of rotatable bonds is 7. The van der Waals surface area contributed by atoms with Gasteiger partial charge in [-0.2, -0.15) is 5.26 Å². The highest BCUT2D eigenvalue weighted by Crippen LogP contribution is 2.25. The van der Waals surface area contributed by atoms with Gasteiger partial charge in [-0.05, 0) is 13.0 Å². The van der Waals surface area contributed by atoms with Crippen molar-refractivity contribution in [2.45, 2.75) is 19.4 Å². The summed E-state index contributed by atoms with van der Waals surface area (Å²) < 4.78 is 5.16. The average Bonchev–Trinajstić information content (AvgIpc) is 2.57. The number of carbonyl (C=O) groups excluding carboxylic acids is 2. The van der Waals surface area contributed by atoms with Crippen molar-refractivity contribution >= 4 is 23.3 Å². The van der Waals surface area contributed by atoms with Crippen molar-refractivity contribution in [3.05, 3.63) is 33.9 Å². The molecule has 0 fully saturated rings. The molecule has 0 saturated heterocycles. The minimum Gasteiger partial charge on any atom is -0.449 e. The Labute approximate surface area is 145 Å². The predicted octanol–water partition coefficient (Wildman–Crippen LogP) is 1.58. The standard InChI is InChI=1S/C16H20N4O5/c1-11(15(21)19(4)9-5-8-17)25-16(22)13-10-12(20(23)24)6-7-14(13)18(2)3/h6-7,10-11H,5,9H2,1-4H3/t11-/m1/s1. The fourth-order valence-corrected chi connectivity index (χ4v) is 2.10. The van der Waals surface area contributed by atoms with E-state index < -0.39 is 22.9 Å². The second kappa shape index (κ2) is 8.63. The normalized spacial score (nSPS) is 11.2. The van der Waals surface area contributed by atoms with Gasteiger partial charge >= 0.3 is 5.97 Å². The highest BCUT2D eigenvalue weighted by Gasteiger charge is 2.25. The lowest BCUT2D eigenvalue weighted by atomic mass is 10.1. The van der Waals surface area contributed by atoms with Gasteiger partial charge in [0.15, 0.2) is 6.10 Å². The molecule has 0 heterocycles. The molecular weight excluding hydrogens is 328 g/mol. The Hall–Kier alpha value is -3.15. The summed E-state index contributed by atoms with van der Waals surface area (Å²) in [5.74, 6) is -1.29. The summed E-state index contributed by atoms with van der Waals surface area (Å²) in [4.78, 5) is 37.8. The van der Waals surface area contributed by atoms with Crippen LogP contribution in [0.4, 0.5) is 11.4 Å². The number of hydrogen-bond acceptors (Lipinski definition) is 7. The highest BCUT2D eigenvalue weighted by molar-refractivity contribution is 5.98. The Morgan fingerprint density at radius 2 is 2.00 bits per heavy atom. The molecule has 0 unspecified atom stereocenters. The van der Waals surface area contributed by atoms with Gasteiger partial charge in [0, 0.05) is 39.8 Å². The van der Waals surface area contributed by atoms with Crippen LogP contribution in [0.1, 0.15) is 23.7 Å². The highest BCUT2D eigenvalue weighted by atomic mass is 16.6. The van der Waals surface area contributed by atoms with Gasteiger partial charge in [0.2, 0.25) is 0 Å². The maximum Gasteiger partial charge on any atom is 0.341 e. The summed E-state index contributed by atoms with van der Waals surface area (Å²) in [6, 6.07) is 5.78. The summed E-state index contributed by atoms with van der Waals surface area (Å²) in [5, 5.41) is 19.5. The molecule has 1 rings (SSSR count). The van der Waals surface area contributed by atoms with Gasteiger partial charge in [-0.1, -0.05) is 0 Å². The van der Waals surface area contributed by atoms with Crippen LogP contribution < -0.4 is 4.90 Å². The van der Waals surface area contributed by atoms with Crippen LogP contribution in [0.5, 0.6) is 0 Å². The van der Waals surface area contributed by atoms with Crippen LogP contribution in [0.3, 0.4) is 0 Å². The molecule has 0 radical (unpaired) electrons. The van der Waals surface area contributed by atoms with E-state index in [2.05, 4.69) is 0 Å². The second-order valence-corrected chi connectivity index (χ2v) is 5.57. The van der Waals surface area contributed by atoms with E-state index in [1.807, 2.05) is 6.07 Å². The van der Waals surface area contributed by atoms with Crippen LogP contribution in [0, 0.1) is 21.4 Å². The van der Waals surface area contributed by atoms with Crippen molar-refractivity contribution in [1.82, 2.24) is 4.90 Å². The molecule has 9 nitrogen and oxygen atoms in total. The molecule has 0 bridgehead atoms. The first-order valence-corrected chi connectivity index (χ1v) is 7.47. The van der Waals surface area contributed by atoms with Gasteiger partial charge in [0.05, 0.1) is 28.7 Å². The van der Waals surface area contributed by atoms with Gasteiger partial charge in [0.1, 0.15) is 0 Å². The molecule has 0 saturated carbocycles. The Balaban J connectivity index is 2.99. The fraction of sp³-hybridized carbons (Fsp3) is 0.438. The van der Waals surface area contributed by atoms with Gasteiger partial charge in [-0.25, -0.2) is 4.79 Å². The summed E-state index contributed by atoms with van der Waals surface area (Å²) in [7, 11) is 4.87. The lowest BCUT2D eigenvalue weighted by Crippen LogP contribution is -2.38. The molecule has 1 aromatic carbocycles.